The van der Waals surface area contributed by atoms with Gasteiger partial charge in [-0.2, -0.15) is 0 Å². The molecule has 0 aromatic carbocycles. The lowest BCUT2D eigenvalue weighted by Gasteiger charge is -2.11. The van der Waals surface area contributed by atoms with E-state index >= 15 is 0 Å². The summed E-state index contributed by atoms with van der Waals surface area (Å²) in [4.78, 5) is 22.9. The van der Waals surface area contributed by atoms with E-state index in [1.807, 2.05) is 13.8 Å². The predicted molar refractivity (Wildman–Crippen MR) is 94.9 cm³/mol. The third kappa shape index (κ3) is 14.7. The second-order valence-electron chi connectivity index (χ2n) is 4.79. The maximum Gasteiger partial charge on any atom is 0.247 e. The highest BCUT2D eigenvalue weighted by molar-refractivity contribution is 8.00. The van der Waals surface area contributed by atoms with Crippen LogP contribution in [0.2, 0.25) is 0 Å². The molecule has 24 heavy (non-hydrogen) atoms. The molecule has 0 saturated carbocycles. The summed E-state index contributed by atoms with van der Waals surface area (Å²) in [5, 5.41) is 4.84. The Bertz CT molecular complexity index is 334. The highest BCUT2D eigenvalue weighted by atomic mass is 32.2. The minimum absolute atomic E-state index is 0.00301. The van der Waals surface area contributed by atoms with E-state index in [0.717, 1.165) is 12.2 Å². The summed E-state index contributed by atoms with van der Waals surface area (Å²) in [7, 11) is 0. The number of amides is 2. The molecule has 9 heteroatoms. The van der Waals surface area contributed by atoms with Crippen molar-refractivity contribution in [1.82, 2.24) is 10.6 Å². The Morgan fingerprint density at radius 2 is 1.58 bits per heavy atom. The van der Waals surface area contributed by atoms with E-state index in [1.54, 1.807) is 0 Å². The average Bonchev–Trinajstić information content (AvgIpc) is 2.57. The van der Waals surface area contributed by atoms with E-state index in [9.17, 15) is 9.59 Å². The third-order valence-corrected chi connectivity index (χ3v) is 3.58. The molecule has 0 aromatic rings. The number of nitrogens with two attached hydrogens (primary N) is 1. The van der Waals surface area contributed by atoms with Gasteiger partial charge in [0.2, 0.25) is 11.8 Å². The molecule has 0 aliphatic rings. The number of carbonyl (C=O) groups excluding carboxylic acids is 2. The molecule has 0 aliphatic carbocycles. The molecule has 1 atom stereocenters. The lowest BCUT2D eigenvalue weighted by Crippen LogP contribution is -2.40. The largest absolute Gasteiger partial charge is 0.380 e. The van der Waals surface area contributed by atoms with Gasteiger partial charge in [0.25, 0.3) is 0 Å². The van der Waals surface area contributed by atoms with Crippen LogP contribution in [0.5, 0.6) is 0 Å². The number of nitrogens with one attached hydrogen (secondary N) is 2. The number of rotatable bonds is 16. The van der Waals surface area contributed by atoms with Crippen molar-refractivity contribution in [1.29, 1.82) is 0 Å². The first-order valence-electron chi connectivity index (χ1n) is 8.26. The molecule has 0 rings (SSSR count). The first-order valence-corrected chi connectivity index (χ1v) is 9.31. The fourth-order valence-electron chi connectivity index (χ4n) is 1.55. The number of thioether (sulfide) groups is 1. The third-order valence-electron chi connectivity index (χ3n) is 2.67. The predicted octanol–water partition coefficient (Wildman–Crippen LogP) is -0.283. The molecule has 0 saturated heterocycles. The van der Waals surface area contributed by atoms with Crippen LogP contribution >= 0.6 is 11.8 Å². The zero-order valence-corrected chi connectivity index (χ0v) is 15.5. The summed E-state index contributed by atoms with van der Waals surface area (Å²) in [6.07, 6.45) is 0.964. The minimum Gasteiger partial charge on any atom is -0.380 e. The van der Waals surface area contributed by atoms with Gasteiger partial charge in [0.1, 0.15) is 12.0 Å². The normalized spacial score (nSPS) is 12.0. The minimum atomic E-state index is -0.538. The van der Waals surface area contributed by atoms with Crippen LogP contribution in [0.4, 0.5) is 0 Å². The second kappa shape index (κ2) is 17.0. The average molecular weight is 365 g/mol. The van der Waals surface area contributed by atoms with Gasteiger partial charge in [-0.1, -0.05) is 13.8 Å². The topological polar surface area (TPSA) is 112 Å². The highest BCUT2D eigenvalue weighted by Gasteiger charge is 2.11. The van der Waals surface area contributed by atoms with Gasteiger partial charge in [-0.15, -0.1) is 11.8 Å². The zero-order chi connectivity index (χ0) is 18.0. The van der Waals surface area contributed by atoms with Gasteiger partial charge in [-0.05, 0) is 12.2 Å². The van der Waals surface area contributed by atoms with E-state index in [4.69, 9.17) is 19.9 Å². The molecule has 0 fully saturated rings. The Hall–Kier alpha value is -0.870. The Labute approximate surface area is 148 Å². The van der Waals surface area contributed by atoms with E-state index < -0.39 is 5.37 Å². The van der Waals surface area contributed by atoms with Crippen LogP contribution in [0.25, 0.3) is 0 Å². The van der Waals surface area contributed by atoms with Crippen molar-refractivity contribution in [2.75, 3.05) is 58.5 Å². The second-order valence-corrected chi connectivity index (χ2v) is 6.21. The molecule has 0 bridgehead atoms. The lowest BCUT2D eigenvalue weighted by atomic mass is 10.5. The van der Waals surface area contributed by atoms with Crippen molar-refractivity contribution in [3.63, 3.8) is 0 Å². The van der Waals surface area contributed by atoms with Crippen LogP contribution in [0.15, 0.2) is 0 Å². The van der Waals surface area contributed by atoms with Gasteiger partial charge >= 0.3 is 0 Å². The smallest absolute Gasteiger partial charge is 0.247 e. The Kier molecular flexibility index (Phi) is 16.4. The van der Waals surface area contributed by atoms with Crippen LogP contribution < -0.4 is 16.4 Å². The molecule has 2 amide bonds. The molecule has 8 nitrogen and oxygen atoms in total. The SMILES string of the molecule is CCCOCCNC(=O)COCCOCCNC(=O)[C@@H](N)SCC. The quantitative estimate of drug-likeness (QED) is 0.255. The molecular formula is C15H31N3O5S. The molecule has 142 valence electrons. The van der Waals surface area contributed by atoms with Crippen molar-refractivity contribution < 1.29 is 23.8 Å². The Morgan fingerprint density at radius 3 is 2.25 bits per heavy atom. The fourth-order valence-corrected chi connectivity index (χ4v) is 2.14. The van der Waals surface area contributed by atoms with E-state index in [-0.39, 0.29) is 18.4 Å². The number of hydrogen-bond acceptors (Lipinski definition) is 7. The fraction of sp³-hybridized carbons (Fsp3) is 0.867. The summed E-state index contributed by atoms with van der Waals surface area (Å²) in [5.74, 6) is 0.424. The van der Waals surface area contributed by atoms with Crippen LogP contribution in [-0.2, 0) is 23.8 Å². The monoisotopic (exact) mass is 365 g/mol. The molecule has 0 aromatic heterocycles. The molecule has 0 aliphatic heterocycles. The van der Waals surface area contributed by atoms with E-state index in [1.165, 1.54) is 11.8 Å². The van der Waals surface area contributed by atoms with Crippen molar-refractivity contribution in [2.45, 2.75) is 25.6 Å². The van der Waals surface area contributed by atoms with Gasteiger partial charge in [0.15, 0.2) is 0 Å². The molecule has 0 heterocycles. The molecule has 0 unspecified atom stereocenters. The van der Waals surface area contributed by atoms with Crippen LogP contribution in [0, 0.1) is 0 Å². The summed E-state index contributed by atoms with van der Waals surface area (Å²) in [6.45, 7) is 7.12. The van der Waals surface area contributed by atoms with Crippen molar-refractivity contribution in [2.24, 2.45) is 5.73 Å². The summed E-state index contributed by atoms with van der Waals surface area (Å²) in [5.41, 5.74) is 5.64. The Balaban J connectivity index is 3.32. The number of ether oxygens (including phenoxy) is 3. The van der Waals surface area contributed by atoms with E-state index in [0.29, 0.717) is 46.1 Å². The lowest BCUT2D eigenvalue weighted by molar-refractivity contribution is -0.126. The van der Waals surface area contributed by atoms with Crippen molar-refractivity contribution in [3.8, 4) is 0 Å². The van der Waals surface area contributed by atoms with Gasteiger partial charge in [0, 0.05) is 19.7 Å². The van der Waals surface area contributed by atoms with Gasteiger partial charge in [-0.3, -0.25) is 9.59 Å². The zero-order valence-electron chi connectivity index (χ0n) is 14.7. The molecular weight excluding hydrogens is 334 g/mol. The first-order chi connectivity index (χ1) is 11.6. The summed E-state index contributed by atoms with van der Waals surface area (Å²) >= 11 is 1.39. The molecule has 0 radical (unpaired) electrons. The number of hydrogen-bond donors (Lipinski definition) is 3. The van der Waals surface area contributed by atoms with Crippen molar-refractivity contribution in [3.05, 3.63) is 0 Å². The Morgan fingerprint density at radius 1 is 0.958 bits per heavy atom. The van der Waals surface area contributed by atoms with Gasteiger partial charge < -0.3 is 30.6 Å². The van der Waals surface area contributed by atoms with Gasteiger partial charge in [-0.25, -0.2) is 0 Å². The first kappa shape index (κ1) is 23.1. The standard InChI is InChI=1S/C15H31N3O5S/c1-3-7-21-8-5-17-13(19)12-23-11-10-22-9-6-18-15(20)14(16)24-4-2/h14H,3-12,16H2,1-2H3,(H,17,19)(H,18,20)/t14-/m0/s1. The van der Waals surface area contributed by atoms with Crippen molar-refractivity contribution >= 4 is 23.6 Å². The molecule has 4 N–H and O–H groups in total. The van der Waals surface area contributed by atoms with Crippen LogP contribution in [-0.4, -0.2) is 75.7 Å². The maximum absolute atomic E-state index is 11.5. The van der Waals surface area contributed by atoms with Gasteiger partial charge in [0.05, 0.1) is 26.4 Å². The maximum atomic E-state index is 11.5. The summed E-state index contributed by atoms with van der Waals surface area (Å²) < 4.78 is 15.7. The van der Waals surface area contributed by atoms with Crippen LogP contribution in [0.3, 0.4) is 0 Å². The van der Waals surface area contributed by atoms with Crippen LogP contribution in [0.1, 0.15) is 20.3 Å². The number of carbonyl (C=O) groups is 2. The molecule has 0 spiro atoms. The van der Waals surface area contributed by atoms with E-state index in [2.05, 4.69) is 10.6 Å². The summed E-state index contributed by atoms with van der Waals surface area (Å²) in [6, 6.07) is 0. The highest BCUT2D eigenvalue weighted by Crippen LogP contribution is 2.03.